The molecule has 1 fully saturated rings. The summed E-state index contributed by atoms with van der Waals surface area (Å²) in [6.07, 6.45) is 2.34. The van der Waals surface area contributed by atoms with Crippen LogP contribution in [0.1, 0.15) is 40.5 Å². The molecular weight excluding hydrogens is 164 g/mol. The van der Waals surface area contributed by atoms with Gasteiger partial charge in [-0.25, -0.2) is 5.01 Å². The smallest absolute Gasteiger partial charge is 0.0607 e. The topological polar surface area (TPSA) is 38.5 Å². The van der Waals surface area contributed by atoms with Crippen LogP contribution >= 0.6 is 0 Å². The van der Waals surface area contributed by atoms with Crippen LogP contribution in [-0.4, -0.2) is 29.3 Å². The highest BCUT2D eigenvalue weighted by atomic mass is 16.5. The van der Waals surface area contributed by atoms with Crippen molar-refractivity contribution in [2.75, 3.05) is 7.11 Å². The van der Waals surface area contributed by atoms with Crippen molar-refractivity contribution in [3.8, 4) is 0 Å². The Morgan fingerprint density at radius 3 is 1.85 bits per heavy atom. The Morgan fingerprint density at radius 1 is 1.15 bits per heavy atom. The minimum Gasteiger partial charge on any atom is -0.381 e. The van der Waals surface area contributed by atoms with E-state index in [0.717, 1.165) is 12.8 Å². The number of hydrazine groups is 1. The van der Waals surface area contributed by atoms with Crippen molar-refractivity contribution in [1.82, 2.24) is 5.01 Å². The second-order valence-corrected chi connectivity index (χ2v) is 5.26. The highest BCUT2D eigenvalue weighted by molar-refractivity contribution is 4.97. The van der Waals surface area contributed by atoms with Crippen LogP contribution in [0.15, 0.2) is 0 Å². The van der Waals surface area contributed by atoms with Crippen LogP contribution in [0, 0.1) is 0 Å². The number of nitrogens with two attached hydrogens (primary N) is 1. The summed E-state index contributed by atoms with van der Waals surface area (Å²) in [5.74, 6) is 6.08. The van der Waals surface area contributed by atoms with Crippen LogP contribution < -0.4 is 5.84 Å². The lowest BCUT2D eigenvalue weighted by Crippen LogP contribution is -2.65. The fourth-order valence-corrected chi connectivity index (χ4v) is 2.37. The molecule has 78 valence electrons. The fourth-order valence-electron chi connectivity index (χ4n) is 2.37. The highest BCUT2D eigenvalue weighted by Crippen LogP contribution is 2.36. The largest absolute Gasteiger partial charge is 0.381 e. The van der Waals surface area contributed by atoms with Crippen LogP contribution in [0.4, 0.5) is 0 Å². The lowest BCUT2D eigenvalue weighted by molar-refractivity contribution is -0.0939. The molecule has 0 atom stereocenters. The average Bonchev–Trinajstić information content (AvgIpc) is 1.99. The molecule has 0 aliphatic carbocycles. The molecule has 0 bridgehead atoms. The maximum atomic E-state index is 6.08. The van der Waals surface area contributed by atoms with Crippen molar-refractivity contribution in [3.63, 3.8) is 0 Å². The Balaban J connectivity index is 2.82. The molecule has 3 heteroatoms. The van der Waals surface area contributed by atoms with Gasteiger partial charge in [0.25, 0.3) is 0 Å². The zero-order chi connectivity index (χ0) is 10.3. The van der Waals surface area contributed by atoms with Crippen molar-refractivity contribution in [1.29, 1.82) is 0 Å². The van der Waals surface area contributed by atoms with Crippen molar-refractivity contribution in [2.24, 2.45) is 5.84 Å². The molecule has 0 unspecified atom stereocenters. The monoisotopic (exact) mass is 186 g/mol. The molecule has 2 N–H and O–H groups in total. The highest BCUT2D eigenvalue weighted by Gasteiger charge is 2.43. The zero-order valence-corrected chi connectivity index (χ0v) is 9.42. The average molecular weight is 186 g/mol. The summed E-state index contributed by atoms with van der Waals surface area (Å²) in [5.41, 5.74) is 0.0604. The Morgan fingerprint density at radius 2 is 1.54 bits per heavy atom. The molecular formula is C10H22N2O. The normalized spacial score (nSPS) is 29.1. The first-order chi connectivity index (χ1) is 5.79. The van der Waals surface area contributed by atoms with Crippen molar-refractivity contribution >= 4 is 0 Å². The predicted octanol–water partition coefficient (Wildman–Crippen LogP) is 1.53. The van der Waals surface area contributed by atoms with Gasteiger partial charge in [-0.05, 0) is 40.5 Å². The molecule has 3 nitrogen and oxygen atoms in total. The SMILES string of the molecule is COC1CC(C)(C)N(N)C(C)(C)C1. The second kappa shape index (κ2) is 3.23. The number of rotatable bonds is 1. The summed E-state index contributed by atoms with van der Waals surface area (Å²) in [6.45, 7) is 8.67. The third-order valence-electron chi connectivity index (χ3n) is 3.09. The van der Waals surface area contributed by atoms with Crippen molar-refractivity contribution in [3.05, 3.63) is 0 Å². The van der Waals surface area contributed by atoms with Crippen LogP contribution in [0.5, 0.6) is 0 Å². The summed E-state index contributed by atoms with van der Waals surface area (Å²) in [5, 5.41) is 1.97. The summed E-state index contributed by atoms with van der Waals surface area (Å²) < 4.78 is 5.43. The molecule has 0 radical (unpaired) electrons. The quantitative estimate of drug-likeness (QED) is 0.631. The molecule has 0 aromatic rings. The third kappa shape index (κ3) is 2.03. The van der Waals surface area contributed by atoms with E-state index >= 15 is 0 Å². The van der Waals surface area contributed by atoms with Crippen molar-refractivity contribution in [2.45, 2.75) is 57.7 Å². The van der Waals surface area contributed by atoms with Gasteiger partial charge in [0.2, 0.25) is 0 Å². The van der Waals surface area contributed by atoms with Gasteiger partial charge in [0.05, 0.1) is 6.10 Å². The number of nitrogens with zero attached hydrogens (tertiary/aromatic N) is 1. The first-order valence-corrected chi connectivity index (χ1v) is 4.87. The first kappa shape index (κ1) is 11.0. The van der Waals surface area contributed by atoms with Gasteiger partial charge in [-0.1, -0.05) is 0 Å². The van der Waals surface area contributed by atoms with E-state index in [1.54, 1.807) is 7.11 Å². The van der Waals surface area contributed by atoms with Gasteiger partial charge in [0, 0.05) is 18.2 Å². The molecule has 0 aromatic carbocycles. The second-order valence-electron chi connectivity index (χ2n) is 5.26. The summed E-state index contributed by atoms with van der Waals surface area (Å²) in [7, 11) is 1.78. The number of methoxy groups -OCH3 is 1. The molecule has 1 aliphatic rings. The fraction of sp³-hybridized carbons (Fsp3) is 1.00. The molecule has 1 aliphatic heterocycles. The van der Waals surface area contributed by atoms with Gasteiger partial charge in [-0.15, -0.1) is 0 Å². The maximum Gasteiger partial charge on any atom is 0.0607 e. The number of ether oxygens (including phenoxy) is 1. The number of hydrogen-bond acceptors (Lipinski definition) is 3. The van der Waals surface area contributed by atoms with Crippen LogP contribution in [0.3, 0.4) is 0 Å². The van der Waals surface area contributed by atoms with E-state index in [0.29, 0.717) is 6.10 Å². The summed E-state index contributed by atoms with van der Waals surface area (Å²) in [6, 6.07) is 0. The van der Waals surface area contributed by atoms with E-state index in [4.69, 9.17) is 10.6 Å². The van der Waals surface area contributed by atoms with Crippen LogP contribution in [0.2, 0.25) is 0 Å². The molecule has 13 heavy (non-hydrogen) atoms. The van der Waals surface area contributed by atoms with E-state index in [1.807, 2.05) is 5.01 Å². The predicted molar refractivity (Wildman–Crippen MR) is 54.2 cm³/mol. The standard InChI is InChI=1S/C10H22N2O/c1-9(2)6-8(13-5)7-10(3,4)12(9)11/h8H,6-7,11H2,1-5H3. The van der Waals surface area contributed by atoms with E-state index in [9.17, 15) is 0 Å². The minimum atomic E-state index is 0.0302. The Kier molecular flexibility index (Phi) is 2.72. The lowest BCUT2D eigenvalue weighted by Gasteiger charge is -2.52. The third-order valence-corrected chi connectivity index (χ3v) is 3.09. The van der Waals surface area contributed by atoms with E-state index in [2.05, 4.69) is 27.7 Å². The molecule has 1 rings (SSSR count). The van der Waals surface area contributed by atoms with Gasteiger partial charge in [-0.2, -0.15) is 0 Å². The molecule has 0 amide bonds. The van der Waals surface area contributed by atoms with Gasteiger partial charge in [0.15, 0.2) is 0 Å². The van der Waals surface area contributed by atoms with Crippen LogP contribution in [-0.2, 0) is 4.74 Å². The molecule has 0 saturated carbocycles. The van der Waals surface area contributed by atoms with Gasteiger partial charge >= 0.3 is 0 Å². The molecule has 1 saturated heterocycles. The molecule has 1 heterocycles. The van der Waals surface area contributed by atoms with Gasteiger partial charge in [0.1, 0.15) is 0 Å². The Hall–Kier alpha value is -0.120. The molecule has 0 spiro atoms. The lowest BCUT2D eigenvalue weighted by atomic mass is 9.80. The van der Waals surface area contributed by atoms with E-state index < -0.39 is 0 Å². The van der Waals surface area contributed by atoms with Crippen LogP contribution in [0.25, 0.3) is 0 Å². The van der Waals surface area contributed by atoms with E-state index in [1.165, 1.54) is 0 Å². The Bertz CT molecular complexity index is 171. The number of piperidine rings is 1. The zero-order valence-electron chi connectivity index (χ0n) is 9.42. The maximum absolute atomic E-state index is 6.08. The number of hydrogen-bond donors (Lipinski definition) is 1. The summed E-state index contributed by atoms with van der Waals surface area (Å²) in [4.78, 5) is 0. The Labute approximate surface area is 81.2 Å². The van der Waals surface area contributed by atoms with Gasteiger partial charge in [-0.3, -0.25) is 5.84 Å². The minimum absolute atomic E-state index is 0.0302. The van der Waals surface area contributed by atoms with E-state index in [-0.39, 0.29) is 11.1 Å². The molecule has 0 aromatic heterocycles. The first-order valence-electron chi connectivity index (χ1n) is 4.87. The van der Waals surface area contributed by atoms with Gasteiger partial charge < -0.3 is 4.74 Å². The van der Waals surface area contributed by atoms with Crippen molar-refractivity contribution < 1.29 is 4.74 Å². The summed E-state index contributed by atoms with van der Waals surface area (Å²) >= 11 is 0.